The van der Waals surface area contributed by atoms with Crippen LogP contribution in [0.5, 0.6) is 0 Å². The summed E-state index contributed by atoms with van der Waals surface area (Å²) in [5.41, 5.74) is 0. The van der Waals surface area contributed by atoms with Crippen LogP contribution in [0.2, 0.25) is 12.6 Å². The van der Waals surface area contributed by atoms with E-state index in [0.717, 1.165) is 19.0 Å². The number of ether oxygens (including phenoxy) is 2. The quantitative estimate of drug-likeness (QED) is 0.452. The summed E-state index contributed by atoms with van der Waals surface area (Å²) in [4.78, 5) is 2.18. The molecule has 0 heterocycles. The zero-order valence-electron chi connectivity index (χ0n) is 12.9. The zero-order valence-corrected chi connectivity index (χ0v) is 13.9. The standard InChI is InChI=1S/C12H29NO4Si/c1-11(14-3)13(12(2)15-4)9-8-10-18(7,16-5)17-6/h11-12H,8-10H2,1-7H3. The summed E-state index contributed by atoms with van der Waals surface area (Å²) in [6, 6.07) is 0.962. The Bertz CT molecular complexity index is 204. The Kier molecular flexibility index (Phi) is 9.01. The molecule has 0 rings (SSSR count). The van der Waals surface area contributed by atoms with Gasteiger partial charge in [0.2, 0.25) is 0 Å². The summed E-state index contributed by atoms with van der Waals surface area (Å²) < 4.78 is 21.7. The Labute approximate surface area is 113 Å². The van der Waals surface area contributed by atoms with Crippen LogP contribution >= 0.6 is 0 Å². The molecule has 110 valence electrons. The highest BCUT2D eigenvalue weighted by Crippen LogP contribution is 2.16. The maximum Gasteiger partial charge on any atom is 0.334 e. The van der Waals surface area contributed by atoms with Crippen molar-refractivity contribution in [1.29, 1.82) is 0 Å². The lowest BCUT2D eigenvalue weighted by atomic mass is 10.3. The first-order chi connectivity index (χ1) is 8.44. The molecule has 0 fully saturated rings. The molecular formula is C12H29NO4Si. The van der Waals surface area contributed by atoms with Gasteiger partial charge in [0.15, 0.2) is 0 Å². The highest BCUT2D eigenvalue weighted by molar-refractivity contribution is 6.65. The third-order valence-corrected chi connectivity index (χ3v) is 6.52. The molecule has 0 aromatic rings. The van der Waals surface area contributed by atoms with E-state index in [4.69, 9.17) is 18.3 Å². The number of rotatable bonds is 10. The van der Waals surface area contributed by atoms with Gasteiger partial charge in [0.1, 0.15) is 12.5 Å². The third-order valence-electron chi connectivity index (χ3n) is 3.53. The Morgan fingerprint density at radius 3 is 1.72 bits per heavy atom. The Balaban J connectivity index is 4.27. The molecule has 0 aliphatic heterocycles. The lowest BCUT2D eigenvalue weighted by molar-refractivity contribution is -0.116. The molecule has 5 nitrogen and oxygen atoms in total. The smallest absolute Gasteiger partial charge is 0.334 e. The summed E-state index contributed by atoms with van der Waals surface area (Å²) >= 11 is 0. The van der Waals surface area contributed by atoms with Gasteiger partial charge in [-0.05, 0) is 32.9 Å². The molecule has 0 amide bonds. The van der Waals surface area contributed by atoms with Crippen molar-refractivity contribution < 1.29 is 18.3 Å². The first-order valence-corrected chi connectivity index (χ1v) is 8.88. The molecular weight excluding hydrogens is 250 g/mol. The Hall–Kier alpha value is 0.0169. The second-order valence-corrected chi connectivity index (χ2v) is 8.14. The van der Waals surface area contributed by atoms with Gasteiger partial charge < -0.3 is 18.3 Å². The second kappa shape index (κ2) is 9.01. The minimum atomic E-state index is -1.96. The van der Waals surface area contributed by atoms with Crippen LogP contribution in [0.25, 0.3) is 0 Å². The predicted octanol–water partition coefficient (Wildman–Crippen LogP) is 2.03. The van der Waals surface area contributed by atoms with E-state index in [2.05, 4.69) is 11.4 Å². The highest BCUT2D eigenvalue weighted by atomic mass is 28.4. The molecule has 6 heteroatoms. The van der Waals surface area contributed by atoms with Crippen molar-refractivity contribution in [3.8, 4) is 0 Å². The summed E-state index contributed by atoms with van der Waals surface area (Å²) in [6.07, 6.45) is 1.09. The molecule has 0 radical (unpaired) electrons. The third kappa shape index (κ3) is 5.77. The van der Waals surface area contributed by atoms with Gasteiger partial charge in [-0.2, -0.15) is 0 Å². The van der Waals surface area contributed by atoms with Crippen molar-refractivity contribution in [2.75, 3.05) is 35.0 Å². The molecule has 0 N–H and O–H groups in total. The van der Waals surface area contributed by atoms with Gasteiger partial charge in [0.25, 0.3) is 0 Å². The van der Waals surface area contributed by atoms with Gasteiger partial charge in [-0.3, -0.25) is 4.90 Å². The van der Waals surface area contributed by atoms with E-state index in [-0.39, 0.29) is 12.5 Å². The predicted molar refractivity (Wildman–Crippen MR) is 74.7 cm³/mol. The van der Waals surface area contributed by atoms with Gasteiger partial charge in [0, 0.05) is 35.0 Å². The average molecular weight is 279 g/mol. The Morgan fingerprint density at radius 1 is 0.944 bits per heavy atom. The maximum absolute atomic E-state index is 5.48. The molecule has 0 aliphatic carbocycles. The van der Waals surface area contributed by atoms with Gasteiger partial charge in [0.05, 0.1) is 0 Å². The molecule has 2 unspecified atom stereocenters. The van der Waals surface area contributed by atoms with Crippen LogP contribution in [0.15, 0.2) is 0 Å². The molecule has 2 atom stereocenters. The lowest BCUT2D eigenvalue weighted by Gasteiger charge is -2.33. The molecule has 0 spiro atoms. The van der Waals surface area contributed by atoms with E-state index in [1.807, 2.05) is 13.8 Å². The van der Waals surface area contributed by atoms with Crippen molar-refractivity contribution in [3.63, 3.8) is 0 Å². The van der Waals surface area contributed by atoms with Gasteiger partial charge >= 0.3 is 8.56 Å². The largest absolute Gasteiger partial charge is 0.398 e. The van der Waals surface area contributed by atoms with Crippen molar-refractivity contribution in [3.05, 3.63) is 0 Å². The van der Waals surface area contributed by atoms with E-state index in [1.165, 1.54) is 0 Å². The maximum atomic E-state index is 5.48. The van der Waals surface area contributed by atoms with Crippen molar-refractivity contribution in [1.82, 2.24) is 4.90 Å². The van der Waals surface area contributed by atoms with Crippen LogP contribution in [0, 0.1) is 0 Å². The first kappa shape index (κ1) is 18.0. The molecule has 0 saturated carbocycles. The van der Waals surface area contributed by atoms with Crippen LogP contribution in [0.1, 0.15) is 20.3 Å². The summed E-state index contributed by atoms with van der Waals surface area (Å²) in [6.45, 7) is 7.04. The van der Waals surface area contributed by atoms with Gasteiger partial charge in [-0.25, -0.2) is 0 Å². The monoisotopic (exact) mass is 279 g/mol. The fraction of sp³-hybridized carbons (Fsp3) is 1.00. The topological polar surface area (TPSA) is 40.2 Å². The van der Waals surface area contributed by atoms with Crippen molar-refractivity contribution >= 4 is 8.56 Å². The second-order valence-electron chi connectivity index (χ2n) is 4.55. The first-order valence-electron chi connectivity index (χ1n) is 6.35. The normalized spacial score (nSPS) is 16.0. The Morgan fingerprint density at radius 2 is 1.39 bits per heavy atom. The van der Waals surface area contributed by atoms with E-state index in [1.54, 1.807) is 28.4 Å². The molecule has 0 bridgehead atoms. The minimum absolute atomic E-state index is 0.0398. The minimum Gasteiger partial charge on any atom is -0.398 e. The van der Waals surface area contributed by atoms with Gasteiger partial charge in [-0.15, -0.1) is 0 Å². The molecule has 0 aromatic carbocycles. The van der Waals surface area contributed by atoms with Crippen LogP contribution in [0.3, 0.4) is 0 Å². The molecule has 0 aliphatic rings. The fourth-order valence-electron chi connectivity index (χ4n) is 1.80. The van der Waals surface area contributed by atoms with E-state index in [0.29, 0.717) is 0 Å². The van der Waals surface area contributed by atoms with Crippen LogP contribution < -0.4 is 0 Å². The summed E-state index contributed by atoms with van der Waals surface area (Å²) in [5, 5.41) is 0. The molecule has 0 saturated heterocycles. The number of nitrogens with zero attached hydrogens (tertiary/aromatic N) is 1. The van der Waals surface area contributed by atoms with Crippen LogP contribution in [-0.2, 0) is 18.3 Å². The SMILES string of the molecule is COC(C)N(CCC[Si](C)(OC)OC)C(C)OC. The average Bonchev–Trinajstić information content (AvgIpc) is 2.41. The fourth-order valence-corrected chi connectivity index (χ4v) is 3.18. The number of methoxy groups -OCH3 is 2. The summed E-state index contributed by atoms with van der Waals surface area (Å²) in [7, 11) is 4.91. The van der Waals surface area contributed by atoms with E-state index < -0.39 is 8.56 Å². The number of hydrogen-bond donors (Lipinski definition) is 0. The van der Waals surface area contributed by atoms with Gasteiger partial charge in [-0.1, -0.05) is 0 Å². The molecule has 18 heavy (non-hydrogen) atoms. The zero-order chi connectivity index (χ0) is 14.2. The molecule has 0 aromatic heterocycles. The summed E-state index contributed by atoms with van der Waals surface area (Å²) in [5.74, 6) is 0. The van der Waals surface area contributed by atoms with Crippen LogP contribution in [-0.4, -0.2) is 60.9 Å². The lowest BCUT2D eigenvalue weighted by Crippen LogP contribution is -2.44. The highest BCUT2D eigenvalue weighted by Gasteiger charge is 2.29. The van der Waals surface area contributed by atoms with Crippen molar-refractivity contribution in [2.24, 2.45) is 0 Å². The van der Waals surface area contributed by atoms with Crippen molar-refractivity contribution in [2.45, 2.75) is 45.3 Å². The van der Waals surface area contributed by atoms with E-state index in [9.17, 15) is 0 Å². The van der Waals surface area contributed by atoms with E-state index >= 15 is 0 Å². The van der Waals surface area contributed by atoms with Crippen LogP contribution in [0.4, 0.5) is 0 Å². The number of hydrogen-bond acceptors (Lipinski definition) is 5.